The third-order valence-corrected chi connectivity index (χ3v) is 3.40. The second-order valence-corrected chi connectivity index (χ2v) is 4.49. The molecule has 4 nitrogen and oxygen atoms in total. The predicted molar refractivity (Wildman–Crippen MR) is 63.6 cm³/mol. The van der Waals surface area contributed by atoms with E-state index in [9.17, 15) is 22.8 Å². The fourth-order valence-corrected chi connectivity index (χ4v) is 1.87. The number of hydrogen-bond donors (Lipinski definition) is 1. The van der Waals surface area contributed by atoms with Crippen LogP contribution in [0, 0.1) is 5.41 Å². The van der Waals surface area contributed by atoms with E-state index in [4.69, 9.17) is 5.11 Å². The number of aliphatic carboxylic acids is 1. The van der Waals surface area contributed by atoms with Crippen molar-refractivity contribution < 1.29 is 27.9 Å². The Hall–Kier alpha value is -1.27. The lowest BCUT2D eigenvalue weighted by molar-refractivity contribution is -0.165. The first kappa shape index (κ1) is 17.7. The monoisotopic (exact) mass is 283 g/mol. The van der Waals surface area contributed by atoms with Crippen LogP contribution in [0.15, 0.2) is 0 Å². The molecule has 112 valence electrons. The van der Waals surface area contributed by atoms with Gasteiger partial charge in [-0.3, -0.25) is 9.59 Å². The highest BCUT2D eigenvalue weighted by Crippen LogP contribution is 2.32. The number of hydrogen-bond acceptors (Lipinski definition) is 2. The van der Waals surface area contributed by atoms with Gasteiger partial charge in [-0.2, -0.15) is 13.2 Å². The number of carboxylic acid groups (broad SMARTS) is 1. The molecule has 0 spiro atoms. The van der Waals surface area contributed by atoms with Crippen molar-refractivity contribution in [2.75, 3.05) is 13.1 Å². The molecule has 7 heteroatoms. The Kier molecular flexibility index (Phi) is 6.32. The highest BCUT2D eigenvalue weighted by atomic mass is 19.4. The lowest BCUT2D eigenvalue weighted by Gasteiger charge is -2.30. The second-order valence-electron chi connectivity index (χ2n) is 4.49. The van der Waals surface area contributed by atoms with Gasteiger partial charge in [0.2, 0.25) is 5.91 Å². The summed E-state index contributed by atoms with van der Waals surface area (Å²) in [4.78, 5) is 23.7. The first-order valence-electron chi connectivity index (χ1n) is 6.19. The molecule has 1 N–H and O–H groups in total. The number of carboxylic acids is 1. The van der Waals surface area contributed by atoms with Crippen molar-refractivity contribution in [3.63, 3.8) is 0 Å². The van der Waals surface area contributed by atoms with Crippen molar-refractivity contribution in [2.24, 2.45) is 5.41 Å². The first-order valence-corrected chi connectivity index (χ1v) is 6.19. The zero-order chi connectivity index (χ0) is 15.3. The van der Waals surface area contributed by atoms with Gasteiger partial charge in [-0.05, 0) is 19.8 Å². The van der Waals surface area contributed by atoms with Gasteiger partial charge in [-0.15, -0.1) is 0 Å². The molecule has 0 radical (unpaired) electrons. The molecule has 0 saturated carbocycles. The van der Waals surface area contributed by atoms with Gasteiger partial charge < -0.3 is 10.0 Å². The zero-order valence-electron chi connectivity index (χ0n) is 11.4. The van der Waals surface area contributed by atoms with E-state index in [2.05, 4.69) is 0 Å². The van der Waals surface area contributed by atoms with E-state index >= 15 is 0 Å². The van der Waals surface area contributed by atoms with E-state index < -0.39 is 36.4 Å². The van der Waals surface area contributed by atoms with Crippen LogP contribution in [0.2, 0.25) is 0 Å². The number of carbonyl (C=O) groups excluding carboxylic acids is 1. The van der Waals surface area contributed by atoms with Crippen LogP contribution in [0.5, 0.6) is 0 Å². The van der Waals surface area contributed by atoms with Crippen LogP contribution in [-0.2, 0) is 9.59 Å². The van der Waals surface area contributed by atoms with Gasteiger partial charge in [-0.1, -0.05) is 13.8 Å². The summed E-state index contributed by atoms with van der Waals surface area (Å²) in [6.45, 7) is 3.23. The minimum Gasteiger partial charge on any atom is -0.481 e. The van der Waals surface area contributed by atoms with Crippen molar-refractivity contribution >= 4 is 11.9 Å². The number of carbonyl (C=O) groups is 2. The van der Waals surface area contributed by atoms with E-state index in [1.807, 2.05) is 0 Å². The molecule has 0 aliphatic rings. The molecule has 1 amide bonds. The third kappa shape index (κ3) is 5.08. The van der Waals surface area contributed by atoms with E-state index in [-0.39, 0.29) is 19.4 Å². The van der Waals surface area contributed by atoms with Crippen molar-refractivity contribution in [3.05, 3.63) is 0 Å². The Morgan fingerprint density at radius 3 is 1.84 bits per heavy atom. The maximum Gasteiger partial charge on any atom is 0.406 e. The fourth-order valence-electron chi connectivity index (χ4n) is 1.87. The first-order chi connectivity index (χ1) is 8.61. The molecule has 0 aromatic carbocycles. The van der Waals surface area contributed by atoms with Gasteiger partial charge in [0.25, 0.3) is 0 Å². The molecule has 19 heavy (non-hydrogen) atoms. The van der Waals surface area contributed by atoms with Gasteiger partial charge in [0.05, 0.1) is 5.41 Å². The number of rotatable bonds is 7. The minimum atomic E-state index is -4.48. The fraction of sp³-hybridized carbons (Fsp3) is 0.833. The summed E-state index contributed by atoms with van der Waals surface area (Å²) in [5.74, 6) is -1.92. The second kappa shape index (κ2) is 6.77. The van der Waals surface area contributed by atoms with Gasteiger partial charge in [0, 0.05) is 13.0 Å². The SMILES string of the molecule is CCN(CC(F)(F)F)C(=O)CC(CC)(CC)C(=O)O. The highest BCUT2D eigenvalue weighted by molar-refractivity contribution is 5.85. The molecule has 0 heterocycles. The maximum absolute atomic E-state index is 12.3. The highest BCUT2D eigenvalue weighted by Gasteiger charge is 2.40. The zero-order valence-corrected chi connectivity index (χ0v) is 11.4. The number of nitrogens with zero attached hydrogens (tertiary/aromatic N) is 1. The van der Waals surface area contributed by atoms with E-state index in [1.165, 1.54) is 6.92 Å². The van der Waals surface area contributed by atoms with Crippen LogP contribution in [0.25, 0.3) is 0 Å². The predicted octanol–water partition coefficient (Wildman–Crippen LogP) is 2.68. The quantitative estimate of drug-likeness (QED) is 0.781. The van der Waals surface area contributed by atoms with E-state index in [0.29, 0.717) is 4.90 Å². The summed E-state index contributed by atoms with van der Waals surface area (Å²) in [5.41, 5.74) is -1.28. The lowest BCUT2D eigenvalue weighted by Crippen LogP contribution is -2.43. The summed E-state index contributed by atoms with van der Waals surface area (Å²) in [5, 5.41) is 9.17. The minimum absolute atomic E-state index is 0.0958. The van der Waals surface area contributed by atoms with Crippen molar-refractivity contribution in [2.45, 2.75) is 46.2 Å². The van der Waals surface area contributed by atoms with Gasteiger partial charge in [0.15, 0.2) is 0 Å². The summed E-state index contributed by atoms with van der Waals surface area (Å²) in [7, 11) is 0. The molecular formula is C12H20F3NO3. The summed E-state index contributed by atoms with van der Waals surface area (Å²) < 4.78 is 36.9. The average molecular weight is 283 g/mol. The molecule has 0 fully saturated rings. The molecule has 0 rings (SSSR count). The van der Waals surface area contributed by atoms with Crippen molar-refractivity contribution in [3.8, 4) is 0 Å². The van der Waals surface area contributed by atoms with Crippen LogP contribution < -0.4 is 0 Å². The van der Waals surface area contributed by atoms with Crippen molar-refractivity contribution in [1.29, 1.82) is 0 Å². The summed E-state index contributed by atoms with van der Waals surface area (Å²) in [6.07, 6.45) is -4.47. The van der Waals surface area contributed by atoms with Crippen molar-refractivity contribution in [1.82, 2.24) is 4.90 Å². The largest absolute Gasteiger partial charge is 0.481 e. The topological polar surface area (TPSA) is 57.6 Å². The normalized spacial score (nSPS) is 12.3. The molecule has 0 unspecified atom stereocenters. The number of halogens is 3. The van der Waals surface area contributed by atoms with Crippen LogP contribution in [0.3, 0.4) is 0 Å². The molecular weight excluding hydrogens is 263 g/mol. The Labute approximate surface area is 110 Å². The number of amides is 1. The summed E-state index contributed by atoms with van der Waals surface area (Å²) >= 11 is 0. The third-order valence-electron chi connectivity index (χ3n) is 3.40. The van der Waals surface area contributed by atoms with Crippen LogP contribution in [-0.4, -0.2) is 41.1 Å². The smallest absolute Gasteiger partial charge is 0.406 e. The summed E-state index contributed by atoms with van der Waals surface area (Å²) in [6, 6.07) is 0. The van der Waals surface area contributed by atoms with Gasteiger partial charge in [0.1, 0.15) is 6.54 Å². The molecule has 0 saturated heterocycles. The Morgan fingerprint density at radius 1 is 1.11 bits per heavy atom. The Bertz CT molecular complexity index is 325. The van der Waals surface area contributed by atoms with Crippen LogP contribution >= 0.6 is 0 Å². The van der Waals surface area contributed by atoms with E-state index in [0.717, 1.165) is 0 Å². The Morgan fingerprint density at radius 2 is 1.58 bits per heavy atom. The van der Waals surface area contributed by atoms with Gasteiger partial charge in [-0.25, -0.2) is 0 Å². The molecule has 0 atom stereocenters. The van der Waals surface area contributed by atoms with E-state index in [1.54, 1.807) is 13.8 Å². The standard InChI is InChI=1S/C12H20F3NO3/c1-4-11(5-2,10(18)19)7-9(17)16(6-3)8-12(13,14)15/h4-8H2,1-3H3,(H,18,19). The Balaban J connectivity index is 4.94. The molecule has 0 bridgehead atoms. The lowest BCUT2D eigenvalue weighted by atomic mass is 9.79. The van der Waals surface area contributed by atoms with Crippen LogP contribution in [0.4, 0.5) is 13.2 Å². The molecule has 0 aliphatic heterocycles. The van der Waals surface area contributed by atoms with Crippen LogP contribution in [0.1, 0.15) is 40.0 Å². The average Bonchev–Trinajstić information content (AvgIpc) is 2.31. The van der Waals surface area contributed by atoms with Gasteiger partial charge >= 0.3 is 12.1 Å². The molecule has 0 aromatic heterocycles. The molecule has 0 aromatic rings. The maximum atomic E-state index is 12.3. The molecule has 0 aliphatic carbocycles. The number of alkyl halides is 3.